The first kappa shape index (κ1) is 16.7. The van der Waals surface area contributed by atoms with Gasteiger partial charge in [-0.25, -0.2) is 4.68 Å². The van der Waals surface area contributed by atoms with E-state index >= 15 is 0 Å². The Kier molecular flexibility index (Phi) is 5.00. The summed E-state index contributed by atoms with van der Waals surface area (Å²) in [5.74, 6) is -0.258. The topological polar surface area (TPSA) is 55.2 Å². The van der Waals surface area contributed by atoms with Crippen LogP contribution in [-0.4, -0.2) is 52.4 Å². The van der Waals surface area contributed by atoms with Gasteiger partial charge in [0.1, 0.15) is 5.75 Å². The summed E-state index contributed by atoms with van der Waals surface area (Å²) < 4.78 is 42.2. The molecule has 0 aliphatic carbocycles. The molecule has 0 bridgehead atoms. The van der Waals surface area contributed by atoms with Crippen LogP contribution < -0.4 is 10.1 Å². The average Bonchev–Trinajstić information content (AvgIpc) is 2.82. The number of benzene rings is 1. The number of aromatic nitrogens is 3. The maximum atomic E-state index is 12.2. The lowest BCUT2D eigenvalue weighted by Crippen LogP contribution is -2.28. The van der Waals surface area contributed by atoms with Gasteiger partial charge in [0.2, 0.25) is 0 Å². The second-order valence-corrected chi connectivity index (χ2v) is 5.56. The highest BCUT2D eigenvalue weighted by molar-refractivity contribution is 5.37. The zero-order valence-electron chi connectivity index (χ0n) is 13.0. The van der Waals surface area contributed by atoms with Crippen molar-refractivity contribution in [3.63, 3.8) is 0 Å². The maximum absolute atomic E-state index is 12.2. The number of rotatable bonds is 4. The van der Waals surface area contributed by atoms with Crippen molar-refractivity contribution in [3.05, 3.63) is 36.2 Å². The number of ether oxygens (including phenoxy) is 1. The van der Waals surface area contributed by atoms with E-state index in [1.807, 2.05) is 0 Å². The molecule has 0 unspecified atom stereocenters. The van der Waals surface area contributed by atoms with Crippen LogP contribution in [0.15, 0.2) is 30.5 Å². The Bertz CT molecular complexity index is 648. The van der Waals surface area contributed by atoms with Crippen LogP contribution in [0.2, 0.25) is 0 Å². The minimum absolute atomic E-state index is 0.258. The molecule has 1 saturated heterocycles. The molecule has 9 heteroatoms. The summed E-state index contributed by atoms with van der Waals surface area (Å²) in [6, 6.07) is 5.60. The Morgan fingerprint density at radius 2 is 1.92 bits per heavy atom. The van der Waals surface area contributed by atoms with Gasteiger partial charge in [-0.15, -0.1) is 18.3 Å². The van der Waals surface area contributed by atoms with Crippen molar-refractivity contribution in [1.82, 2.24) is 25.2 Å². The maximum Gasteiger partial charge on any atom is 0.573 e. The molecule has 24 heavy (non-hydrogen) atoms. The predicted octanol–water partition coefficient (Wildman–Crippen LogP) is 1.96. The van der Waals surface area contributed by atoms with Crippen LogP contribution in [0.5, 0.6) is 5.75 Å². The van der Waals surface area contributed by atoms with Gasteiger partial charge in [-0.2, -0.15) is 0 Å². The van der Waals surface area contributed by atoms with E-state index < -0.39 is 6.36 Å². The summed E-state index contributed by atoms with van der Waals surface area (Å²) in [6.45, 7) is 4.55. The minimum Gasteiger partial charge on any atom is -0.406 e. The second-order valence-electron chi connectivity index (χ2n) is 5.56. The lowest BCUT2D eigenvalue weighted by Gasteiger charge is -2.19. The molecule has 2 heterocycles. The quantitative estimate of drug-likeness (QED) is 0.921. The van der Waals surface area contributed by atoms with Crippen molar-refractivity contribution in [3.8, 4) is 11.4 Å². The predicted molar refractivity (Wildman–Crippen MR) is 80.8 cm³/mol. The highest BCUT2D eigenvalue weighted by Gasteiger charge is 2.31. The standard InChI is InChI=1S/C15H18F3N5O/c16-15(17,18)24-14-4-2-12(3-5-14)23-13(10-20-21-23)11-22-8-1-6-19-7-9-22/h2-5,10,19H,1,6-9,11H2. The molecule has 1 aromatic heterocycles. The van der Waals surface area contributed by atoms with Crippen molar-refractivity contribution in [2.45, 2.75) is 19.3 Å². The first-order chi connectivity index (χ1) is 11.5. The van der Waals surface area contributed by atoms with Gasteiger partial charge in [0.15, 0.2) is 0 Å². The zero-order chi connectivity index (χ0) is 17.0. The second kappa shape index (κ2) is 7.18. The fourth-order valence-corrected chi connectivity index (χ4v) is 2.66. The molecule has 0 radical (unpaired) electrons. The zero-order valence-corrected chi connectivity index (χ0v) is 13.0. The number of halogens is 3. The summed E-state index contributed by atoms with van der Waals surface area (Å²) in [4.78, 5) is 2.30. The highest BCUT2D eigenvalue weighted by atomic mass is 19.4. The molecule has 0 spiro atoms. The Morgan fingerprint density at radius 3 is 2.67 bits per heavy atom. The molecule has 1 fully saturated rings. The third-order valence-corrected chi connectivity index (χ3v) is 3.75. The SMILES string of the molecule is FC(F)(F)Oc1ccc(-n2nncc2CN2CCCNCC2)cc1. The first-order valence-electron chi connectivity index (χ1n) is 7.70. The summed E-state index contributed by atoms with van der Waals surface area (Å²) in [5.41, 5.74) is 1.53. The van der Waals surface area contributed by atoms with Crippen LogP contribution in [-0.2, 0) is 6.54 Å². The normalized spacial score (nSPS) is 16.8. The van der Waals surface area contributed by atoms with Gasteiger partial charge in [0, 0.05) is 19.6 Å². The molecule has 1 aliphatic heterocycles. The Morgan fingerprint density at radius 1 is 1.12 bits per heavy atom. The highest BCUT2D eigenvalue weighted by Crippen LogP contribution is 2.24. The van der Waals surface area contributed by atoms with Crippen molar-refractivity contribution in [2.24, 2.45) is 0 Å². The molecule has 1 aromatic carbocycles. The van der Waals surface area contributed by atoms with E-state index in [-0.39, 0.29) is 5.75 Å². The molecule has 0 saturated carbocycles. The van der Waals surface area contributed by atoms with E-state index in [0.29, 0.717) is 12.2 Å². The molecular formula is C15H18F3N5O. The summed E-state index contributed by atoms with van der Waals surface area (Å²) >= 11 is 0. The van der Waals surface area contributed by atoms with Gasteiger partial charge >= 0.3 is 6.36 Å². The van der Waals surface area contributed by atoms with Gasteiger partial charge < -0.3 is 10.1 Å². The molecular weight excluding hydrogens is 323 g/mol. The lowest BCUT2D eigenvalue weighted by atomic mass is 10.3. The van der Waals surface area contributed by atoms with Crippen LogP contribution in [0.4, 0.5) is 13.2 Å². The lowest BCUT2D eigenvalue weighted by molar-refractivity contribution is -0.274. The number of alkyl halides is 3. The third kappa shape index (κ3) is 4.45. The van der Waals surface area contributed by atoms with Gasteiger partial charge in [0.25, 0.3) is 0 Å². The molecule has 0 atom stereocenters. The van der Waals surface area contributed by atoms with Crippen LogP contribution in [0.25, 0.3) is 5.69 Å². The number of nitrogens with one attached hydrogen (secondary N) is 1. The molecule has 3 rings (SSSR count). The fourth-order valence-electron chi connectivity index (χ4n) is 2.66. The molecule has 0 amide bonds. The molecule has 2 aromatic rings. The molecule has 1 N–H and O–H groups in total. The molecule has 130 valence electrons. The molecule has 6 nitrogen and oxygen atoms in total. The Labute approximate surface area is 137 Å². The average molecular weight is 341 g/mol. The smallest absolute Gasteiger partial charge is 0.406 e. The van der Waals surface area contributed by atoms with Crippen molar-refractivity contribution in [2.75, 3.05) is 26.2 Å². The number of nitrogens with zero attached hydrogens (tertiary/aromatic N) is 4. The van der Waals surface area contributed by atoms with Gasteiger partial charge in [-0.1, -0.05) is 5.21 Å². The van der Waals surface area contributed by atoms with E-state index in [1.54, 1.807) is 10.9 Å². The number of hydrogen-bond donors (Lipinski definition) is 1. The Balaban J connectivity index is 1.72. The van der Waals surface area contributed by atoms with Crippen LogP contribution in [0, 0.1) is 0 Å². The van der Waals surface area contributed by atoms with Crippen molar-refractivity contribution < 1.29 is 17.9 Å². The minimum atomic E-state index is -4.69. The summed E-state index contributed by atoms with van der Waals surface area (Å²) in [7, 11) is 0. The van der Waals surface area contributed by atoms with E-state index in [4.69, 9.17) is 0 Å². The monoisotopic (exact) mass is 341 g/mol. The number of hydrogen-bond acceptors (Lipinski definition) is 5. The van der Waals surface area contributed by atoms with Gasteiger partial charge in [-0.05, 0) is 43.8 Å². The van der Waals surface area contributed by atoms with Crippen molar-refractivity contribution >= 4 is 0 Å². The van der Waals surface area contributed by atoms with Crippen LogP contribution in [0.1, 0.15) is 12.1 Å². The van der Waals surface area contributed by atoms with Gasteiger partial charge in [-0.3, -0.25) is 4.90 Å². The third-order valence-electron chi connectivity index (χ3n) is 3.75. The Hall–Kier alpha value is -2.13. The first-order valence-corrected chi connectivity index (χ1v) is 7.70. The van der Waals surface area contributed by atoms with E-state index in [0.717, 1.165) is 38.3 Å². The molecule has 1 aliphatic rings. The summed E-state index contributed by atoms with van der Waals surface area (Å²) in [5, 5.41) is 11.3. The fraction of sp³-hybridized carbons (Fsp3) is 0.467. The van der Waals surface area contributed by atoms with E-state index in [9.17, 15) is 13.2 Å². The van der Waals surface area contributed by atoms with E-state index in [2.05, 4.69) is 25.3 Å². The summed E-state index contributed by atoms with van der Waals surface area (Å²) in [6.07, 6.45) is -1.94. The van der Waals surface area contributed by atoms with Crippen LogP contribution >= 0.6 is 0 Å². The van der Waals surface area contributed by atoms with Crippen LogP contribution in [0.3, 0.4) is 0 Å². The van der Waals surface area contributed by atoms with Gasteiger partial charge in [0.05, 0.1) is 17.6 Å². The van der Waals surface area contributed by atoms with E-state index in [1.165, 1.54) is 24.3 Å². The largest absolute Gasteiger partial charge is 0.573 e. The van der Waals surface area contributed by atoms with Crippen molar-refractivity contribution in [1.29, 1.82) is 0 Å².